The second kappa shape index (κ2) is 7.55. The highest BCUT2D eigenvalue weighted by Gasteiger charge is 2.20. The van der Waals surface area contributed by atoms with Gasteiger partial charge in [-0.25, -0.2) is 0 Å². The third-order valence-corrected chi connectivity index (χ3v) is 6.56. The smallest absolute Gasteiger partial charge is 0.0298 e. The normalized spacial score (nSPS) is 12.3. The van der Waals surface area contributed by atoms with Crippen LogP contribution in [-0.2, 0) is 0 Å². The van der Waals surface area contributed by atoms with Crippen LogP contribution in [0.1, 0.15) is 24.9 Å². The molecule has 23 heavy (non-hydrogen) atoms. The maximum absolute atomic E-state index is 6.40. The average Bonchev–Trinajstić information content (AvgIpc) is 2.63. The molecule has 0 fully saturated rings. The molecule has 2 N–H and O–H groups in total. The highest BCUT2D eigenvalue weighted by Crippen LogP contribution is 2.35. The Kier molecular flexibility index (Phi) is 5.23. The van der Waals surface area contributed by atoms with Gasteiger partial charge in [-0.05, 0) is 35.8 Å². The summed E-state index contributed by atoms with van der Waals surface area (Å²) in [5.74, 6) is 0. The van der Waals surface area contributed by atoms with E-state index in [2.05, 4.69) is 91.9 Å². The fourth-order valence-electron chi connectivity index (χ4n) is 2.81. The molecule has 1 nitrogen and oxygen atoms in total. The van der Waals surface area contributed by atoms with Gasteiger partial charge in [0.25, 0.3) is 0 Å². The lowest BCUT2D eigenvalue weighted by atomic mass is 10.1. The van der Waals surface area contributed by atoms with Gasteiger partial charge in [-0.2, -0.15) is 0 Å². The van der Waals surface area contributed by atoms with Gasteiger partial charge >= 0.3 is 0 Å². The summed E-state index contributed by atoms with van der Waals surface area (Å²) in [6.45, 7) is 2.15. The van der Waals surface area contributed by atoms with Gasteiger partial charge in [0, 0.05) is 6.04 Å². The first-order chi connectivity index (χ1) is 11.3. The van der Waals surface area contributed by atoms with Crippen molar-refractivity contribution in [1.82, 2.24) is 0 Å². The lowest BCUT2D eigenvalue weighted by Gasteiger charge is -2.24. The molecule has 0 aliphatic carbocycles. The van der Waals surface area contributed by atoms with E-state index in [1.807, 2.05) is 0 Å². The molecule has 0 heterocycles. The predicted octanol–water partition coefficient (Wildman–Crippen LogP) is 3.85. The first kappa shape index (κ1) is 15.9. The van der Waals surface area contributed by atoms with E-state index in [0.717, 1.165) is 6.42 Å². The van der Waals surface area contributed by atoms with E-state index in [1.54, 1.807) is 0 Å². The summed E-state index contributed by atoms with van der Waals surface area (Å²) < 4.78 is 0. The van der Waals surface area contributed by atoms with Gasteiger partial charge in [0.15, 0.2) is 0 Å². The van der Waals surface area contributed by atoms with Gasteiger partial charge in [-0.15, -0.1) is 0 Å². The zero-order chi connectivity index (χ0) is 16.1. The van der Waals surface area contributed by atoms with E-state index in [9.17, 15) is 0 Å². The van der Waals surface area contributed by atoms with Crippen molar-refractivity contribution >= 4 is 23.8 Å². The molecule has 3 aromatic carbocycles. The van der Waals surface area contributed by atoms with Crippen LogP contribution in [-0.4, -0.2) is 0 Å². The third-order valence-electron chi connectivity index (χ3n) is 4.05. The van der Waals surface area contributed by atoms with Crippen LogP contribution in [0.2, 0.25) is 0 Å². The summed E-state index contributed by atoms with van der Waals surface area (Å²) in [6, 6.07) is 30.3. The molecule has 116 valence electrons. The molecule has 2 heteroatoms. The second-order valence-corrected chi connectivity index (χ2v) is 7.77. The molecular formula is C21H22NP. The molecule has 0 amide bonds. The van der Waals surface area contributed by atoms with E-state index in [1.165, 1.54) is 21.5 Å². The largest absolute Gasteiger partial charge is 0.324 e. The van der Waals surface area contributed by atoms with Crippen LogP contribution >= 0.6 is 7.92 Å². The van der Waals surface area contributed by atoms with Gasteiger partial charge in [-0.1, -0.05) is 91.9 Å². The Morgan fingerprint density at radius 1 is 0.739 bits per heavy atom. The molecular weight excluding hydrogens is 297 g/mol. The van der Waals surface area contributed by atoms with E-state index in [-0.39, 0.29) is 6.04 Å². The Labute approximate surface area is 139 Å². The van der Waals surface area contributed by atoms with Crippen LogP contribution in [0.5, 0.6) is 0 Å². The van der Waals surface area contributed by atoms with Crippen LogP contribution in [0.15, 0.2) is 84.9 Å². The molecule has 0 aromatic heterocycles. The monoisotopic (exact) mass is 319 g/mol. The summed E-state index contributed by atoms with van der Waals surface area (Å²) in [7, 11) is -0.585. The van der Waals surface area contributed by atoms with E-state index in [4.69, 9.17) is 5.73 Å². The maximum atomic E-state index is 6.40. The van der Waals surface area contributed by atoms with Crippen molar-refractivity contribution in [2.24, 2.45) is 5.73 Å². The van der Waals surface area contributed by atoms with Gasteiger partial charge in [0.05, 0.1) is 0 Å². The van der Waals surface area contributed by atoms with Crippen molar-refractivity contribution in [3.8, 4) is 0 Å². The lowest BCUT2D eigenvalue weighted by molar-refractivity contribution is 0.703. The highest BCUT2D eigenvalue weighted by molar-refractivity contribution is 7.79. The minimum atomic E-state index is -0.585. The highest BCUT2D eigenvalue weighted by atomic mass is 31.1. The third kappa shape index (κ3) is 3.52. The fraction of sp³-hybridized carbons (Fsp3) is 0.143. The Balaban J connectivity index is 2.18. The molecule has 0 radical (unpaired) electrons. The SMILES string of the molecule is CC[C@H](N)c1ccccc1P(c1ccccc1)c1ccccc1. The number of nitrogens with two attached hydrogens (primary N) is 1. The predicted molar refractivity (Wildman–Crippen MR) is 102 cm³/mol. The Bertz CT molecular complexity index is 701. The Morgan fingerprint density at radius 3 is 1.74 bits per heavy atom. The minimum absolute atomic E-state index is 0.0867. The number of benzene rings is 3. The number of hydrogen-bond acceptors (Lipinski definition) is 1. The molecule has 0 bridgehead atoms. The van der Waals surface area contributed by atoms with Crippen LogP contribution in [0.3, 0.4) is 0 Å². The molecule has 3 aromatic rings. The Hall–Kier alpha value is -1.95. The van der Waals surface area contributed by atoms with E-state index in [0.29, 0.717) is 0 Å². The van der Waals surface area contributed by atoms with Crippen molar-refractivity contribution in [3.05, 3.63) is 90.5 Å². The number of hydrogen-bond donors (Lipinski definition) is 1. The topological polar surface area (TPSA) is 26.0 Å². The van der Waals surface area contributed by atoms with Crippen molar-refractivity contribution < 1.29 is 0 Å². The Morgan fingerprint density at radius 2 is 1.22 bits per heavy atom. The van der Waals surface area contributed by atoms with Crippen LogP contribution in [0, 0.1) is 0 Å². The van der Waals surface area contributed by atoms with Crippen molar-refractivity contribution in [2.45, 2.75) is 19.4 Å². The van der Waals surface area contributed by atoms with Gasteiger partial charge in [0.1, 0.15) is 0 Å². The molecule has 0 aliphatic rings. The van der Waals surface area contributed by atoms with Crippen LogP contribution in [0.25, 0.3) is 0 Å². The second-order valence-electron chi connectivity index (χ2n) is 5.58. The molecule has 0 aliphatic heterocycles. The summed E-state index contributed by atoms with van der Waals surface area (Å²) in [5.41, 5.74) is 7.67. The molecule has 0 unspecified atom stereocenters. The summed E-state index contributed by atoms with van der Waals surface area (Å²) >= 11 is 0. The van der Waals surface area contributed by atoms with E-state index >= 15 is 0 Å². The average molecular weight is 319 g/mol. The maximum Gasteiger partial charge on any atom is 0.0298 e. The summed E-state index contributed by atoms with van der Waals surface area (Å²) in [5, 5.41) is 4.10. The first-order valence-corrected chi connectivity index (χ1v) is 9.40. The zero-order valence-electron chi connectivity index (χ0n) is 13.4. The van der Waals surface area contributed by atoms with Gasteiger partial charge in [-0.3, -0.25) is 0 Å². The number of rotatable bonds is 5. The summed E-state index contributed by atoms with van der Waals surface area (Å²) in [6.07, 6.45) is 0.948. The standard InChI is InChI=1S/C21H22NP/c1-2-20(22)19-15-9-10-16-21(19)23(17-11-5-3-6-12-17)18-13-7-4-8-14-18/h3-16,20H,2,22H2,1H3/t20-/m0/s1. The van der Waals surface area contributed by atoms with Crippen LogP contribution < -0.4 is 21.6 Å². The van der Waals surface area contributed by atoms with Gasteiger partial charge in [0.2, 0.25) is 0 Å². The fourth-order valence-corrected chi connectivity index (χ4v) is 5.33. The molecule has 3 rings (SSSR count). The van der Waals surface area contributed by atoms with Crippen molar-refractivity contribution in [3.63, 3.8) is 0 Å². The molecule has 0 saturated carbocycles. The van der Waals surface area contributed by atoms with E-state index < -0.39 is 7.92 Å². The lowest BCUT2D eigenvalue weighted by Crippen LogP contribution is -2.26. The minimum Gasteiger partial charge on any atom is -0.324 e. The first-order valence-electron chi connectivity index (χ1n) is 8.06. The molecule has 0 saturated heterocycles. The van der Waals surface area contributed by atoms with Gasteiger partial charge < -0.3 is 5.73 Å². The van der Waals surface area contributed by atoms with Crippen molar-refractivity contribution in [1.29, 1.82) is 0 Å². The molecule has 0 spiro atoms. The van der Waals surface area contributed by atoms with Crippen molar-refractivity contribution in [2.75, 3.05) is 0 Å². The van der Waals surface area contributed by atoms with Crippen LogP contribution in [0.4, 0.5) is 0 Å². The zero-order valence-corrected chi connectivity index (χ0v) is 14.3. The summed E-state index contributed by atoms with van der Waals surface area (Å²) in [4.78, 5) is 0. The quantitative estimate of drug-likeness (QED) is 0.710. The molecule has 1 atom stereocenters.